The molecule has 0 unspecified atom stereocenters. The SMILES string of the molecule is COc1cc(Br)c(OC)c2c1cnc1ccccc12. The molecule has 0 bridgehead atoms. The zero-order valence-electron chi connectivity index (χ0n) is 10.6. The normalized spacial score (nSPS) is 10.9. The number of benzene rings is 2. The molecule has 3 aromatic rings. The lowest BCUT2D eigenvalue weighted by atomic mass is 10.1. The number of halogens is 1. The average Bonchev–Trinajstić information content (AvgIpc) is 2.46. The van der Waals surface area contributed by atoms with E-state index in [4.69, 9.17) is 9.47 Å². The summed E-state index contributed by atoms with van der Waals surface area (Å²) >= 11 is 3.53. The van der Waals surface area contributed by atoms with Gasteiger partial charge in [-0.05, 0) is 28.1 Å². The molecule has 0 radical (unpaired) electrons. The van der Waals surface area contributed by atoms with Crippen molar-refractivity contribution in [2.75, 3.05) is 14.2 Å². The lowest BCUT2D eigenvalue weighted by Crippen LogP contribution is -1.93. The van der Waals surface area contributed by atoms with Crippen LogP contribution in [0.5, 0.6) is 11.5 Å². The Morgan fingerprint density at radius 1 is 1.05 bits per heavy atom. The lowest BCUT2D eigenvalue weighted by Gasteiger charge is -2.13. The smallest absolute Gasteiger partial charge is 0.141 e. The summed E-state index contributed by atoms with van der Waals surface area (Å²) in [5.74, 6) is 1.58. The molecule has 0 N–H and O–H groups in total. The van der Waals surface area contributed by atoms with E-state index in [0.29, 0.717) is 0 Å². The summed E-state index contributed by atoms with van der Waals surface area (Å²) < 4.78 is 11.8. The van der Waals surface area contributed by atoms with E-state index in [1.165, 1.54) is 0 Å². The Morgan fingerprint density at radius 2 is 1.84 bits per heavy atom. The van der Waals surface area contributed by atoms with Crippen LogP contribution < -0.4 is 9.47 Å². The third kappa shape index (κ3) is 1.83. The van der Waals surface area contributed by atoms with Crippen molar-refractivity contribution in [2.24, 2.45) is 0 Å². The van der Waals surface area contributed by atoms with Gasteiger partial charge < -0.3 is 9.47 Å². The Bertz CT molecular complexity index is 771. The Morgan fingerprint density at radius 3 is 2.58 bits per heavy atom. The number of nitrogens with zero attached hydrogens (tertiary/aromatic N) is 1. The molecule has 0 spiro atoms. The third-order valence-electron chi connectivity index (χ3n) is 3.17. The summed E-state index contributed by atoms with van der Waals surface area (Å²) in [5.41, 5.74) is 0.938. The number of hydrogen-bond acceptors (Lipinski definition) is 3. The van der Waals surface area contributed by atoms with E-state index in [-0.39, 0.29) is 0 Å². The number of fused-ring (bicyclic) bond motifs is 3. The van der Waals surface area contributed by atoms with Crippen LogP contribution in [0.1, 0.15) is 0 Å². The predicted octanol–water partition coefficient (Wildman–Crippen LogP) is 4.17. The highest BCUT2D eigenvalue weighted by molar-refractivity contribution is 9.10. The highest BCUT2D eigenvalue weighted by Crippen LogP contribution is 2.42. The first-order valence-electron chi connectivity index (χ1n) is 5.84. The minimum absolute atomic E-state index is 0.779. The quantitative estimate of drug-likeness (QED) is 0.665. The van der Waals surface area contributed by atoms with Gasteiger partial charge in [0, 0.05) is 22.4 Å². The van der Waals surface area contributed by atoms with Crippen LogP contribution >= 0.6 is 15.9 Å². The van der Waals surface area contributed by atoms with Gasteiger partial charge in [0.05, 0.1) is 24.2 Å². The molecule has 0 saturated heterocycles. The molecule has 19 heavy (non-hydrogen) atoms. The summed E-state index contributed by atoms with van der Waals surface area (Å²) in [4.78, 5) is 4.47. The van der Waals surface area contributed by atoms with E-state index in [2.05, 4.69) is 20.9 Å². The van der Waals surface area contributed by atoms with E-state index in [1.54, 1.807) is 14.2 Å². The van der Waals surface area contributed by atoms with E-state index in [1.807, 2.05) is 36.5 Å². The maximum absolute atomic E-state index is 5.54. The second-order valence-corrected chi connectivity index (χ2v) is 5.01. The molecular weight excluding hydrogens is 306 g/mol. The number of aromatic nitrogens is 1. The molecular formula is C15H12BrNO2. The van der Waals surface area contributed by atoms with Crippen LogP contribution in [0.2, 0.25) is 0 Å². The van der Waals surface area contributed by atoms with Crippen molar-refractivity contribution in [3.63, 3.8) is 0 Å². The molecule has 0 aliphatic heterocycles. The van der Waals surface area contributed by atoms with Crippen LogP contribution in [0.25, 0.3) is 21.7 Å². The van der Waals surface area contributed by atoms with Crippen LogP contribution in [0.3, 0.4) is 0 Å². The average molecular weight is 318 g/mol. The van der Waals surface area contributed by atoms with Gasteiger partial charge >= 0.3 is 0 Å². The van der Waals surface area contributed by atoms with Crippen LogP contribution in [-0.4, -0.2) is 19.2 Å². The van der Waals surface area contributed by atoms with Gasteiger partial charge in [-0.25, -0.2) is 0 Å². The molecule has 0 amide bonds. The van der Waals surface area contributed by atoms with Crippen molar-refractivity contribution in [1.29, 1.82) is 0 Å². The second kappa shape index (κ2) is 4.70. The molecule has 0 aliphatic carbocycles. The molecule has 1 aromatic heterocycles. The lowest BCUT2D eigenvalue weighted by molar-refractivity contribution is 0.408. The zero-order valence-corrected chi connectivity index (χ0v) is 12.2. The maximum Gasteiger partial charge on any atom is 0.141 e. The van der Waals surface area contributed by atoms with E-state index >= 15 is 0 Å². The Balaban J connectivity index is 2.59. The second-order valence-electron chi connectivity index (χ2n) is 4.16. The fourth-order valence-electron chi connectivity index (χ4n) is 2.32. The summed E-state index contributed by atoms with van der Waals surface area (Å²) in [7, 11) is 3.32. The van der Waals surface area contributed by atoms with Gasteiger partial charge in [0.1, 0.15) is 11.5 Å². The largest absolute Gasteiger partial charge is 0.496 e. The monoisotopic (exact) mass is 317 g/mol. The molecule has 3 rings (SSSR count). The number of ether oxygens (including phenoxy) is 2. The van der Waals surface area contributed by atoms with Crippen LogP contribution in [0, 0.1) is 0 Å². The van der Waals surface area contributed by atoms with Gasteiger partial charge in [0.15, 0.2) is 0 Å². The number of rotatable bonds is 2. The van der Waals surface area contributed by atoms with Crippen LogP contribution in [0.4, 0.5) is 0 Å². The van der Waals surface area contributed by atoms with Crippen molar-refractivity contribution < 1.29 is 9.47 Å². The van der Waals surface area contributed by atoms with Gasteiger partial charge in [-0.1, -0.05) is 18.2 Å². The molecule has 0 saturated carbocycles. The van der Waals surface area contributed by atoms with E-state index in [9.17, 15) is 0 Å². The van der Waals surface area contributed by atoms with Crippen molar-refractivity contribution in [3.8, 4) is 11.5 Å². The molecule has 0 atom stereocenters. The van der Waals surface area contributed by atoms with E-state index in [0.717, 1.165) is 37.6 Å². The van der Waals surface area contributed by atoms with Gasteiger partial charge in [-0.3, -0.25) is 4.98 Å². The van der Waals surface area contributed by atoms with Crippen molar-refractivity contribution in [2.45, 2.75) is 0 Å². The Labute approximate surface area is 119 Å². The van der Waals surface area contributed by atoms with Crippen LogP contribution in [0.15, 0.2) is 41.0 Å². The van der Waals surface area contributed by atoms with Crippen molar-refractivity contribution in [1.82, 2.24) is 4.98 Å². The van der Waals surface area contributed by atoms with Crippen molar-refractivity contribution in [3.05, 3.63) is 41.0 Å². The van der Waals surface area contributed by atoms with Crippen molar-refractivity contribution >= 4 is 37.6 Å². The molecule has 96 valence electrons. The summed E-state index contributed by atoms with van der Waals surface area (Å²) in [6, 6.07) is 9.90. The fourth-order valence-corrected chi connectivity index (χ4v) is 2.89. The minimum atomic E-state index is 0.779. The molecule has 2 aromatic carbocycles. The Kier molecular flexibility index (Phi) is 3.03. The highest BCUT2D eigenvalue weighted by Gasteiger charge is 2.15. The highest BCUT2D eigenvalue weighted by atomic mass is 79.9. The third-order valence-corrected chi connectivity index (χ3v) is 3.76. The summed E-state index contributed by atoms with van der Waals surface area (Å²) in [6.07, 6.45) is 1.82. The Hall–Kier alpha value is -1.81. The predicted molar refractivity (Wildman–Crippen MR) is 80.1 cm³/mol. The number of para-hydroxylation sites is 1. The molecule has 3 nitrogen and oxygen atoms in total. The van der Waals surface area contributed by atoms with E-state index < -0.39 is 0 Å². The fraction of sp³-hybridized carbons (Fsp3) is 0.133. The molecule has 4 heteroatoms. The molecule has 1 heterocycles. The number of methoxy groups -OCH3 is 2. The van der Waals surface area contributed by atoms with Gasteiger partial charge in [-0.2, -0.15) is 0 Å². The molecule has 0 fully saturated rings. The maximum atomic E-state index is 5.54. The first-order valence-corrected chi connectivity index (χ1v) is 6.63. The minimum Gasteiger partial charge on any atom is -0.496 e. The zero-order chi connectivity index (χ0) is 13.4. The van der Waals surface area contributed by atoms with Crippen LogP contribution in [-0.2, 0) is 0 Å². The van der Waals surface area contributed by atoms with Gasteiger partial charge in [0.25, 0.3) is 0 Å². The molecule has 0 aliphatic rings. The number of hydrogen-bond donors (Lipinski definition) is 0. The standard InChI is InChI=1S/C15H12BrNO2/c1-18-13-7-11(16)15(19-2)14-9-5-3-4-6-12(9)17-8-10(13)14/h3-8H,1-2H3. The summed E-state index contributed by atoms with van der Waals surface area (Å²) in [5, 5.41) is 3.01. The first-order chi connectivity index (χ1) is 9.26. The van der Waals surface area contributed by atoms with Gasteiger partial charge in [0.2, 0.25) is 0 Å². The summed E-state index contributed by atoms with van der Waals surface area (Å²) in [6.45, 7) is 0. The number of pyridine rings is 1. The topological polar surface area (TPSA) is 31.4 Å². The first kappa shape index (κ1) is 12.2. The van der Waals surface area contributed by atoms with Gasteiger partial charge in [-0.15, -0.1) is 0 Å².